The van der Waals surface area contributed by atoms with Crippen LogP contribution in [0, 0.1) is 0 Å². The van der Waals surface area contributed by atoms with Crippen LogP contribution in [0.2, 0.25) is 0 Å². The van der Waals surface area contributed by atoms with Gasteiger partial charge in [0.15, 0.2) is 5.96 Å². The predicted octanol–water partition coefficient (Wildman–Crippen LogP) is 1.28. The van der Waals surface area contributed by atoms with Gasteiger partial charge in [-0.2, -0.15) is 5.10 Å². The zero-order valence-electron chi connectivity index (χ0n) is 15.0. The zero-order valence-corrected chi connectivity index (χ0v) is 16.6. The standard InChI is InChI=1S/C16H23N7OS2/c1-17-15(18-4-3-8-25-16-19-5-9-26-16)22-6-7-23(14(24)12-22)13-10-20-21(2)11-13/h5,9-11H,3-4,6-8,12H2,1-2H3,(H,17,18). The second-order valence-electron chi connectivity index (χ2n) is 5.81. The van der Waals surface area contributed by atoms with Crippen LogP contribution in [0.1, 0.15) is 6.42 Å². The lowest BCUT2D eigenvalue weighted by Gasteiger charge is -2.35. The molecule has 26 heavy (non-hydrogen) atoms. The summed E-state index contributed by atoms with van der Waals surface area (Å²) in [6.07, 6.45) is 6.42. The van der Waals surface area contributed by atoms with Gasteiger partial charge in [-0.1, -0.05) is 11.8 Å². The highest BCUT2D eigenvalue weighted by Crippen LogP contribution is 2.20. The van der Waals surface area contributed by atoms with Crippen LogP contribution in [0.4, 0.5) is 5.69 Å². The molecule has 1 amide bonds. The lowest BCUT2D eigenvalue weighted by atomic mass is 10.3. The molecule has 1 N–H and O–H groups in total. The first-order chi connectivity index (χ1) is 12.7. The Morgan fingerprint density at radius 3 is 3.00 bits per heavy atom. The summed E-state index contributed by atoms with van der Waals surface area (Å²) in [5, 5.41) is 9.49. The molecule has 2 aromatic heterocycles. The highest BCUT2D eigenvalue weighted by Gasteiger charge is 2.27. The highest BCUT2D eigenvalue weighted by atomic mass is 32.2. The summed E-state index contributed by atoms with van der Waals surface area (Å²) in [6, 6.07) is 0. The Balaban J connectivity index is 1.43. The van der Waals surface area contributed by atoms with E-state index in [-0.39, 0.29) is 5.91 Å². The van der Waals surface area contributed by atoms with Crippen LogP contribution < -0.4 is 10.2 Å². The Kier molecular flexibility index (Phi) is 6.51. The van der Waals surface area contributed by atoms with Crippen LogP contribution in [0.3, 0.4) is 0 Å². The van der Waals surface area contributed by atoms with Crippen LogP contribution in [0.15, 0.2) is 33.3 Å². The Bertz CT molecular complexity index is 744. The first-order valence-corrected chi connectivity index (χ1v) is 10.3. The van der Waals surface area contributed by atoms with Crippen molar-refractivity contribution in [3.8, 4) is 0 Å². The number of rotatable bonds is 6. The molecule has 0 unspecified atom stereocenters. The zero-order chi connectivity index (χ0) is 18.4. The van der Waals surface area contributed by atoms with Gasteiger partial charge in [-0.15, -0.1) is 11.3 Å². The van der Waals surface area contributed by atoms with Crippen molar-refractivity contribution in [3.05, 3.63) is 24.0 Å². The molecule has 3 heterocycles. The summed E-state index contributed by atoms with van der Waals surface area (Å²) in [7, 11) is 3.60. The molecule has 1 aliphatic heterocycles. The minimum atomic E-state index is 0.0616. The van der Waals surface area contributed by atoms with Crippen molar-refractivity contribution in [2.45, 2.75) is 10.8 Å². The maximum atomic E-state index is 12.5. The van der Waals surface area contributed by atoms with E-state index >= 15 is 0 Å². The Morgan fingerprint density at radius 1 is 1.46 bits per heavy atom. The Hall–Kier alpha value is -2.07. The molecule has 0 atom stereocenters. The molecule has 0 saturated carbocycles. The molecule has 0 aliphatic carbocycles. The molecule has 10 heteroatoms. The first-order valence-electron chi connectivity index (χ1n) is 8.44. The molecule has 1 saturated heterocycles. The molecule has 2 aromatic rings. The highest BCUT2D eigenvalue weighted by molar-refractivity contribution is 8.00. The third kappa shape index (κ3) is 4.76. The van der Waals surface area contributed by atoms with E-state index in [1.807, 2.05) is 29.7 Å². The topological polar surface area (TPSA) is 78.7 Å². The second-order valence-corrected chi connectivity index (χ2v) is 8.05. The number of aryl methyl sites for hydroxylation is 1. The molecule has 3 rings (SSSR count). The third-order valence-corrected chi connectivity index (χ3v) is 6.03. The van der Waals surface area contributed by atoms with Gasteiger partial charge in [0.05, 0.1) is 11.9 Å². The summed E-state index contributed by atoms with van der Waals surface area (Å²) in [4.78, 5) is 24.9. The molecule has 0 spiro atoms. The van der Waals surface area contributed by atoms with Gasteiger partial charge in [0.1, 0.15) is 10.9 Å². The van der Waals surface area contributed by atoms with Gasteiger partial charge < -0.3 is 15.1 Å². The van der Waals surface area contributed by atoms with Crippen molar-refractivity contribution in [1.82, 2.24) is 25.0 Å². The number of thiazole rings is 1. The first kappa shape index (κ1) is 18.7. The lowest BCUT2D eigenvalue weighted by Crippen LogP contribution is -2.55. The van der Waals surface area contributed by atoms with Crippen LogP contribution in [-0.4, -0.2) is 70.5 Å². The summed E-state index contributed by atoms with van der Waals surface area (Å²) >= 11 is 3.43. The fourth-order valence-corrected chi connectivity index (χ4v) is 4.37. The molecule has 140 valence electrons. The van der Waals surface area contributed by atoms with Crippen molar-refractivity contribution < 1.29 is 4.79 Å². The second kappa shape index (κ2) is 9.04. The lowest BCUT2D eigenvalue weighted by molar-refractivity contribution is -0.120. The van der Waals surface area contributed by atoms with Gasteiger partial charge in [0.25, 0.3) is 0 Å². The van der Waals surface area contributed by atoms with E-state index in [0.29, 0.717) is 13.1 Å². The van der Waals surface area contributed by atoms with Gasteiger partial charge in [-0.3, -0.25) is 14.5 Å². The summed E-state index contributed by atoms with van der Waals surface area (Å²) in [6.45, 7) is 2.52. The molecule has 1 fully saturated rings. The smallest absolute Gasteiger partial charge is 0.246 e. The van der Waals surface area contributed by atoms with Crippen LogP contribution in [-0.2, 0) is 11.8 Å². The molecule has 0 bridgehead atoms. The summed E-state index contributed by atoms with van der Waals surface area (Å²) in [5.41, 5.74) is 0.847. The number of carbonyl (C=O) groups excluding carboxylic acids is 1. The normalized spacial score (nSPS) is 15.6. The van der Waals surface area contributed by atoms with Gasteiger partial charge in [-0.25, -0.2) is 4.98 Å². The van der Waals surface area contributed by atoms with Crippen molar-refractivity contribution in [3.63, 3.8) is 0 Å². The average Bonchev–Trinajstić information content (AvgIpc) is 3.30. The van der Waals surface area contributed by atoms with E-state index < -0.39 is 0 Å². The summed E-state index contributed by atoms with van der Waals surface area (Å²) in [5.74, 6) is 1.85. The monoisotopic (exact) mass is 393 g/mol. The minimum absolute atomic E-state index is 0.0616. The predicted molar refractivity (Wildman–Crippen MR) is 106 cm³/mol. The number of amides is 1. The van der Waals surface area contributed by atoms with E-state index in [2.05, 4.69) is 20.4 Å². The van der Waals surface area contributed by atoms with Gasteiger partial charge in [0.2, 0.25) is 5.91 Å². The van der Waals surface area contributed by atoms with Gasteiger partial charge in [-0.05, 0) is 6.42 Å². The van der Waals surface area contributed by atoms with Gasteiger partial charge in [0, 0.05) is 57.3 Å². The number of nitrogens with one attached hydrogen (secondary N) is 1. The maximum absolute atomic E-state index is 12.5. The van der Waals surface area contributed by atoms with Crippen LogP contribution >= 0.6 is 23.1 Å². The Labute approximate surface area is 161 Å². The molecular weight excluding hydrogens is 370 g/mol. The number of aliphatic imine (C=N–C) groups is 1. The quantitative estimate of drug-likeness (QED) is 0.345. The van der Waals surface area contributed by atoms with Crippen molar-refractivity contribution in [1.29, 1.82) is 0 Å². The molecule has 1 aliphatic rings. The van der Waals surface area contributed by atoms with E-state index in [4.69, 9.17) is 0 Å². The fourth-order valence-electron chi connectivity index (χ4n) is 2.72. The number of anilines is 1. The number of hydrogen-bond acceptors (Lipinski definition) is 6. The molecule has 0 aromatic carbocycles. The van der Waals surface area contributed by atoms with Crippen molar-refractivity contribution in [2.75, 3.05) is 43.9 Å². The number of piperazine rings is 1. The van der Waals surface area contributed by atoms with Gasteiger partial charge >= 0.3 is 0 Å². The minimum Gasteiger partial charge on any atom is -0.356 e. The number of guanidine groups is 1. The van der Waals surface area contributed by atoms with Crippen molar-refractivity contribution >= 4 is 40.7 Å². The van der Waals surface area contributed by atoms with E-state index in [1.54, 1.807) is 45.9 Å². The SMILES string of the molecule is CN=C(NCCCSc1nccs1)N1CCN(c2cnn(C)c2)C(=O)C1. The largest absolute Gasteiger partial charge is 0.356 e. The third-order valence-electron chi connectivity index (χ3n) is 3.97. The van der Waals surface area contributed by atoms with Crippen LogP contribution in [0.5, 0.6) is 0 Å². The number of carbonyl (C=O) groups is 1. The van der Waals surface area contributed by atoms with Crippen molar-refractivity contribution in [2.24, 2.45) is 12.0 Å². The van der Waals surface area contributed by atoms with E-state index in [1.165, 1.54) is 0 Å². The average molecular weight is 394 g/mol. The number of aromatic nitrogens is 3. The van der Waals surface area contributed by atoms with E-state index in [9.17, 15) is 4.79 Å². The molecular formula is C16H23N7OS2. The number of hydrogen-bond donors (Lipinski definition) is 1. The number of thioether (sulfide) groups is 1. The van der Waals surface area contributed by atoms with Crippen LogP contribution in [0.25, 0.3) is 0 Å². The molecule has 8 nitrogen and oxygen atoms in total. The summed E-state index contributed by atoms with van der Waals surface area (Å²) < 4.78 is 2.81. The molecule has 0 radical (unpaired) electrons. The number of nitrogens with zero attached hydrogens (tertiary/aromatic N) is 6. The van der Waals surface area contributed by atoms with E-state index in [0.717, 1.165) is 41.2 Å². The maximum Gasteiger partial charge on any atom is 0.246 e. The Morgan fingerprint density at radius 2 is 2.35 bits per heavy atom. The fraction of sp³-hybridized carbons (Fsp3) is 0.500.